The van der Waals surface area contributed by atoms with Crippen molar-refractivity contribution in [3.63, 3.8) is 0 Å². The van der Waals surface area contributed by atoms with Crippen LogP contribution in [-0.4, -0.2) is 24.3 Å². The molecule has 0 aromatic carbocycles. The monoisotopic (exact) mass is 233 g/mol. The molecule has 0 bridgehead atoms. The lowest BCUT2D eigenvalue weighted by Gasteiger charge is -2.41. The van der Waals surface area contributed by atoms with E-state index in [-0.39, 0.29) is 12.0 Å². The van der Waals surface area contributed by atoms with Crippen LogP contribution in [0, 0.1) is 11.8 Å². The molecular weight excluding hydrogens is 214 g/mol. The quantitative estimate of drug-likeness (QED) is 0.666. The average Bonchev–Trinajstić information content (AvgIpc) is 2.15. The van der Waals surface area contributed by atoms with Gasteiger partial charge < -0.3 is 5.73 Å². The number of fused-ring (bicyclic) bond motifs is 1. The van der Waals surface area contributed by atoms with Gasteiger partial charge >= 0.3 is 0 Å². The topological polar surface area (TPSA) is 80.4 Å². The lowest BCUT2D eigenvalue weighted by Crippen LogP contribution is -2.44. The fourth-order valence-electron chi connectivity index (χ4n) is 3.28. The van der Waals surface area contributed by atoms with Crippen LogP contribution in [-0.2, 0) is 10.1 Å². The highest BCUT2D eigenvalue weighted by atomic mass is 32.2. The van der Waals surface area contributed by atoms with Crippen molar-refractivity contribution >= 4 is 10.1 Å². The van der Waals surface area contributed by atoms with Crippen molar-refractivity contribution in [3.8, 4) is 0 Å². The second-order valence-electron chi connectivity index (χ2n) is 4.98. The van der Waals surface area contributed by atoms with Crippen LogP contribution in [0.15, 0.2) is 0 Å². The summed E-state index contributed by atoms with van der Waals surface area (Å²) in [5, 5.41) is -0.553. The van der Waals surface area contributed by atoms with Crippen LogP contribution in [0.25, 0.3) is 0 Å². The first kappa shape index (κ1) is 11.4. The molecule has 0 aromatic rings. The third-order valence-corrected chi connectivity index (χ3v) is 5.36. The van der Waals surface area contributed by atoms with Crippen LogP contribution in [0.5, 0.6) is 0 Å². The van der Waals surface area contributed by atoms with E-state index in [1.54, 1.807) is 0 Å². The van der Waals surface area contributed by atoms with Crippen molar-refractivity contribution in [2.75, 3.05) is 0 Å². The molecule has 4 unspecified atom stereocenters. The molecule has 2 aliphatic rings. The number of nitrogens with two attached hydrogens (primary N) is 1. The minimum atomic E-state index is -3.88. The maximum absolute atomic E-state index is 11.3. The van der Waals surface area contributed by atoms with Gasteiger partial charge in [0.1, 0.15) is 0 Å². The highest BCUT2D eigenvalue weighted by Gasteiger charge is 2.42. The highest BCUT2D eigenvalue weighted by Crippen LogP contribution is 2.42. The molecule has 2 aliphatic carbocycles. The fourth-order valence-corrected chi connectivity index (χ4v) is 4.52. The van der Waals surface area contributed by atoms with Crippen molar-refractivity contribution < 1.29 is 13.0 Å². The van der Waals surface area contributed by atoms with Crippen molar-refractivity contribution in [2.45, 2.75) is 49.8 Å². The van der Waals surface area contributed by atoms with Gasteiger partial charge in [-0.2, -0.15) is 8.42 Å². The van der Waals surface area contributed by atoms with Gasteiger partial charge in [-0.1, -0.05) is 12.8 Å². The van der Waals surface area contributed by atoms with Crippen LogP contribution in [0.3, 0.4) is 0 Å². The molecule has 0 radical (unpaired) electrons. The molecule has 2 saturated carbocycles. The Labute approximate surface area is 91.0 Å². The van der Waals surface area contributed by atoms with Gasteiger partial charge in [0.15, 0.2) is 0 Å². The summed E-state index contributed by atoms with van der Waals surface area (Å²) in [6, 6.07) is 0.119. The average molecular weight is 233 g/mol. The molecule has 15 heavy (non-hydrogen) atoms. The van der Waals surface area contributed by atoms with E-state index in [4.69, 9.17) is 5.73 Å². The Kier molecular flexibility index (Phi) is 3.05. The molecular formula is C10H19NO3S. The van der Waals surface area contributed by atoms with Crippen LogP contribution >= 0.6 is 0 Å². The van der Waals surface area contributed by atoms with Crippen LogP contribution < -0.4 is 5.73 Å². The van der Waals surface area contributed by atoms with Crippen LogP contribution in [0.2, 0.25) is 0 Å². The second kappa shape index (κ2) is 4.03. The van der Waals surface area contributed by atoms with E-state index in [0.717, 1.165) is 32.1 Å². The van der Waals surface area contributed by atoms with Gasteiger partial charge in [-0.25, -0.2) is 0 Å². The summed E-state index contributed by atoms with van der Waals surface area (Å²) in [6.45, 7) is 0. The molecule has 0 saturated heterocycles. The van der Waals surface area contributed by atoms with Gasteiger partial charge in [-0.15, -0.1) is 0 Å². The Hall–Kier alpha value is -0.130. The van der Waals surface area contributed by atoms with Gasteiger partial charge in [0.2, 0.25) is 0 Å². The molecule has 2 rings (SSSR count). The first-order chi connectivity index (χ1) is 6.98. The SMILES string of the molecule is NC1CCC2CCCC(S(=O)(=O)O)C2C1. The third kappa shape index (κ3) is 2.34. The lowest BCUT2D eigenvalue weighted by atomic mass is 9.69. The Morgan fingerprint density at radius 2 is 1.87 bits per heavy atom. The standard InChI is InChI=1S/C10H19NO3S/c11-8-5-4-7-2-1-3-10(9(7)6-8)15(12,13)14/h7-10H,1-6,11H2,(H,12,13,14). The zero-order chi connectivity index (χ0) is 11.1. The van der Waals surface area contributed by atoms with Crippen molar-refractivity contribution in [2.24, 2.45) is 17.6 Å². The zero-order valence-electron chi connectivity index (χ0n) is 8.80. The van der Waals surface area contributed by atoms with Crippen molar-refractivity contribution in [3.05, 3.63) is 0 Å². The molecule has 5 heteroatoms. The summed E-state index contributed by atoms with van der Waals surface area (Å²) in [7, 11) is -3.88. The van der Waals surface area contributed by atoms with Gasteiger partial charge in [0, 0.05) is 6.04 Å². The zero-order valence-corrected chi connectivity index (χ0v) is 9.62. The molecule has 2 fully saturated rings. The smallest absolute Gasteiger partial charge is 0.268 e. The molecule has 0 spiro atoms. The number of hydrogen-bond donors (Lipinski definition) is 2. The summed E-state index contributed by atoms with van der Waals surface area (Å²) in [5.41, 5.74) is 5.87. The summed E-state index contributed by atoms with van der Waals surface area (Å²) in [4.78, 5) is 0. The number of hydrogen-bond acceptors (Lipinski definition) is 3. The van der Waals surface area contributed by atoms with E-state index in [2.05, 4.69) is 0 Å². The van der Waals surface area contributed by atoms with Crippen LogP contribution in [0.1, 0.15) is 38.5 Å². The van der Waals surface area contributed by atoms with E-state index in [0.29, 0.717) is 12.3 Å². The minimum absolute atomic E-state index is 0.0949. The third-order valence-electron chi connectivity index (χ3n) is 4.01. The molecule has 0 heterocycles. The normalized spacial score (nSPS) is 42.3. The first-order valence-corrected chi connectivity index (χ1v) is 7.20. The first-order valence-electron chi connectivity index (χ1n) is 5.70. The molecule has 0 aromatic heterocycles. The molecule has 0 aliphatic heterocycles. The Morgan fingerprint density at radius 3 is 2.53 bits per heavy atom. The molecule has 88 valence electrons. The van der Waals surface area contributed by atoms with Gasteiger partial charge in [-0.05, 0) is 37.5 Å². The summed E-state index contributed by atoms with van der Waals surface area (Å²) in [6.07, 6.45) is 5.41. The van der Waals surface area contributed by atoms with E-state index in [1.807, 2.05) is 0 Å². The van der Waals surface area contributed by atoms with Gasteiger partial charge in [0.25, 0.3) is 10.1 Å². The van der Waals surface area contributed by atoms with E-state index >= 15 is 0 Å². The number of rotatable bonds is 1. The molecule has 4 atom stereocenters. The summed E-state index contributed by atoms with van der Waals surface area (Å²) >= 11 is 0. The molecule has 4 nitrogen and oxygen atoms in total. The summed E-state index contributed by atoms with van der Waals surface area (Å²) < 4.78 is 31.7. The van der Waals surface area contributed by atoms with Gasteiger partial charge in [-0.3, -0.25) is 4.55 Å². The lowest BCUT2D eigenvalue weighted by molar-refractivity contribution is 0.156. The largest absolute Gasteiger partial charge is 0.328 e. The predicted molar refractivity (Wildman–Crippen MR) is 58.0 cm³/mol. The maximum atomic E-state index is 11.3. The van der Waals surface area contributed by atoms with Gasteiger partial charge in [0.05, 0.1) is 5.25 Å². The van der Waals surface area contributed by atoms with E-state index in [9.17, 15) is 13.0 Å². The van der Waals surface area contributed by atoms with Crippen LogP contribution in [0.4, 0.5) is 0 Å². The van der Waals surface area contributed by atoms with E-state index < -0.39 is 15.4 Å². The minimum Gasteiger partial charge on any atom is -0.328 e. The highest BCUT2D eigenvalue weighted by molar-refractivity contribution is 7.86. The van der Waals surface area contributed by atoms with Crippen molar-refractivity contribution in [1.29, 1.82) is 0 Å². The second-order valence-corrected chi connectivity index (χ2v) is 6.62. The fraction of sp³-hybridized carbons (Fsp3) is 1.00. The maximum Gasteiger partial charge on any atom is 0.268 e. The predicted octanol–water partition coefficient (Wildman–Crippen LogP) is 1.17. The summed E-state index contributed by atoms with van der Waals surface area (Å²) in [5.74, 6) is 0.558. The van der Waals surface area contributed by atoms with E-state index in [1.165, 1.54) is 0 Å². The molecule has 3 N–H and O–H groups in total. The molecule has 0 amide bonds. The van der Waals surface area contributed by atoms with Crippen molar-refractivity contribution in [1.82, 2.24) is 0 Å². The Morgan fingerprint density at radius 1 is 1.13 bits per heavy atom. The Balaban J connectivity index is 2.18. The Bertz CT molecular complexity index is 328.